The Morgan fingerprint density at radius 3 is 0.800 bits per heavy atom. The van der Waals surface area contributed by atoms with E-state index in [0.717, 1.165) is 0 Å². The first kappa shape index (κ1) is 22.5. The van der Waals surface area contributed by atoms with E-state index in [0.29, 0.717) is 0 Å². The van der Waals surface area contributed by atoms with Crippen LogP contribution < -0.4 is 0 Å². The minimum absolute atomic E-state index is 0. The van der Waals surface area contributed by atoms with E-state index in [9.17, 15) is 0 Å². The Labute approximate surface area is 95.2 Å². The molecule has 0 aliphatic heterocycles. The Balaban J connectivity index is -0.0000000300. The van der Waals surface area contributed by atoms with Crippen LogP contribution in [0.25, 0.3) is 0 Å². The molecule has 0 atom stereocenters. The van der Waals surface area contributed by atoms with E-state index in [1.54, 1.807) is 0 Å². The summed E-state index contributed by atoms with van der Waals surface area (Å²) < 4.78 is 0. The first-order chi connectivity index (χ1) is 3.46. The molecule has 0 aliphatic carbocycles. The molecule has 0 heterocycles. The van der Waals surface area contributed by atoms with Crippen LogP contribution in [-0.2, 0) is 0 Å². The van der Waals surface area contributed by atoms with Crippen molar-refractivity contribution in [1.29, 1.82) is 0 Å². The van der Waals surface area contributed by atoms with E-state index < -0.39 is 10.2 Å². The predicted molar refractivity (Wildman–Crippen MR) is 32.2 cm³/mol. The second-order valence-corrected chi connectivity index (χ2v) is 0.447. The van der Waals surface area contributed by atoms with Crippen LogP contribution in [0, 0.1) is 30.6 Å². The summed E-state index contributed by atoms with van der Waals surface area (Å²) in [5.74, 6) is 0. The molecule has 8 nitrogen and oxygen atoms in total. The Hall–Kier alpha value is 0.192. The summed E-state index contributed by atoms with van der Waals surface area (Å²) in [7, 11) is 0. The summed E-state index contributed by atoms with van der Waals surface area (Å²) >= 11 is 0. The van der Waals surface area contributed by atoms with Crippen LogP contribution in [0.1, 0.15) is 0 Å². The minimum atomic E-state index is -1.75. The third-order valence-corrected chi connectivity index (χ3v) is 0. The molecular formula is AlCaN2O6+3. The van der Waals surface area contributed by atoms with Crippen molar-refractivity contribution in [2.24, 2.45) is 0 Å². The van der Waals surface area contributed by atoms with Gasteiger partial charge in [-0.1, -0.05) is 0 Å². The summed E-state index contributed by atoms with van der Waals surface area (Å²) in [5.41, 5.74) is 0. The van der Waals surface area contributed by atoms with Crippen LogP contribution >= 0.6 is 0 Å². The summed E-state index contributed by atoms with van der Waals surface area (Å²) in [6.45, 7) is 0. The predicted octanol–water partition coefficient (Wildman–Crippen LogP) is -1.24. The van der Waals surface area contributed by atoms with Crippen LogP contribution in [0.4, 0.5) is 0 Å². The summed E-state index contributed by atoms with van der Waals surface area (Å²) in [6, 6.07) is 0. The fourth-order valence-electron chi connectivity index (χ4n) is 0. The van der Waals surface area contributed by atoms with Crippen molar-refractivity contribution in [1.82, 2.24) is 0 Å². The van der Waals surface area contributed by atoms with Gasteiger partial charge in [-0.05, 0) is 0 Å². The molecule has 0 spiro atoms. The van der Waals surface area contributed by atoms with Crippen molar-refractivity contribution in [2.45, 2.75) is 0 Å². The van der Waals surface area contributed by atoms with Gasteiger partial charge < -0.3 is 30.6 Å². The van der Waals surface area contributed by atoms with Gasteiger partial charge >= 0.3 is 55.1 Å². The molecule has 10 heavy (non-hydrogen) atoms. The molecule has 0 fully saturated rings. The standard InChI is InChI=1S/Al.Ca.2NO3/c;;2*2-1(3)4/q+3;+2;2*-1. The molecule has 0 bridgehead atoms. The summed E-state index contributed by atoms with van der Waals surface area (Å²) in [4.78, 5) is 16.5. The molecule has 10 heteroatoms. The van der Waals surface area contributed by atoms with Gasteiger partial charge in [0.15, 0.2) is 0 Å². The van der Waals surface area contributed by atoms with Gasteiger partial charge in [0.1, 0.15) is 0 Å². The van der Waals surface area contributed by atoms with E-state index in [1.807, 2.05) is 0 Å². The van der Waals surface area contributed by atoms with Crippen LogP contribution in [0.15, 0.2) is 0 Å². The van der Waals surface area contributed by atoms with Gasteiger partial charge in [-0.15, -0.1) is 0 Å². The fraction of sp³-hybridized carbons (Fsp3) is 0. The molecule has 0 saturated carbocycles. The molecular weight excluding hydrogens is 191 g/mol. The Morgan fingerprint density at radius 2 is 0.800 bits per heavy atom. The van der Waals surface area contributed by atoms with Gasteiger partial charge in [0, 0.05) is 0 Å². The Kier molecular flexibility index (Phi) is 36.1. The third kappa shape index (κ3) is 11500. The normalized spacial score (nSPS) is 4.80. The first-order valence-corrected chi connectivity index (χ1v) is 1.10. The average Bonchev–Trinajstić information content (AvgIpc) is 1.25. The maximum Gasteiger partial charge on any atom is 3.00 e. The van der Waals surface area contributed by atoms with E-state index in [4.69, 9.17) is 30.6 Å². The van der Waals surface area contributed by atoms with Gasteiger partial charge in [0.2, 0.25) is 0 Å². The van der Waals surface area contributed by atoms with Gasteiger partial charge in [-0.2, -0.15) is 0 Å². The topological polar surface area (TPSA) is 132 Å². The average molecular weight is 191 g/mol. The van der Waals surface area contributed by atoms with E-state index >= 15 is 0 Å². The zero-order valence-corrected chi connectivity index (χ0v) is 7.99. The van der Waals surface area contributed by atoms with E-state index in [-0.39, 0.29) is 55.1 Å². The number of hydrogen-bond acceptors (Lipinski definition) is 6. The SMILES string of the molecule is O=[N+]([O-])[O-].O=[N+]([O-])[O-].[Al+3].[Ca+2]. The Bertz CT molecular complexity index is 73.7. The molecule has 0 amide bonds. The van der Waals surface area contributed by atoms with Crippen LogP contribution in [0.3, 0.4) is 0 Å². The quantitative estimate of drug-likeness (QED) is 0.267. The van der Waals surface area contributed by atoms with Gasteiger partial charge in [0.05, 0.1) is 10.2 Å². The Morgan fingerprint density at radius 1 is 0.800 bits per heavy atom. The van der Waals surface area contributed by atoms with Crippen molar-refractivity contribution in [3.8, 4) is 0 Å². The molecule has 0 aromatic rings. The van der Waals surface area contributed by atoms with Gasteiger partial charge in [0.25, 0.3) is 0 Å². The maximum atomic E-state index is 8.25. The second kappa shape index (κ2) is 16.1. The molecule has 0 rings (SSSR count). The van der Waals surface area contributed by atoms with Gasteiger partial charge in [-0.3, -0.25) is 0 Å². The van der Waals surface area contributed by atoms with Crippen LogP contribution in [0.2, 0.25) is 0 Å². The molecule has 0 aliphatic rings. The van der Waals surface area contributed by atoms with E-state index in [1.165, 1.54) is 0 Å². The maximum absolute atomic E-state index is 8.25. The minimum Gasteiger partial charge on any atom is -0.356 e. The van der Waals surface area contributed by atoms with Crippen molar-refractivity contribution >= 4 is 55.1 Å². The molecule has 48 valence electrons. The fourth-order valence-corrected chi connectivity index (χ4v) is 0. The monoisotopic (exact) mass is 191 g/mol. The smallest absolute Gasteiger partial charge is 0.356 e. The molecule has 0 aromatic carbocycles. The summed E-state index contributed by atoms with van der Waals surface area (Å²) in [6.07, 6.45) is 0. The number of hydrogen-bond donors (Lipinski definition) is 0. The molecule has 0 N–H and O–H groups in total. The third-order valence-electron chi connectivity index (χ3n) is 0. The largest absolute Gasteiger partial charge is 3.00 e. The van der Waals surface area contributed by atoms with E-state index in [2.05, 4.69) is 0 Å². The molecule has 0 radical (unpaired) electrons. The first-order valence-electron chi connectivity index (χ1n) is 1.10. The zero-order chi connectivity index (χ0) is 7.15. The van der Waals surface area contributed by atoms with Crippen molar-refractivity contribution < 1.29 is 10.2 Å². The van der Waals surface area contributed by atoms with Crippen molar-refractivity contribution in [2.75, 3.05) is 0 Å². The molecule has 0 unspecified atom stereocenters. The number of nitrogens with zero attached hydrogens (tertiary/aromatic N) is 2. The van der Waals surface area contributed by atoms with Gasteiger partial charge in [-0.25, -0.2) is 0 Å². The van der Waals surface area contributed by atoms with Crippen molar-refractivity contribution in [3.05, 3.63) is 30.6 Å². The summed E-state index contributed by atoms with van der Waals surface area (Å²) in [5, 5.41) is 29.5. The second-order valence-electron chi connectivity index (χ2n) is 0.447. The van der Waals surface area contributed by atoms with Crippen LogP contribution in [0.5, 0.6) is 0 Å². The zero-order valence-electron chi connectivity index (χ0n) is 4.63. The number of rotatable bonds is 0. The molecule has 0 aromatic heterocycles. The van der Waals surface area contributed by atoms with Crippen molar-refractivity contribution in [3.63, 3.8) is 0 Å². The molecule has 0 saturated heterocycles. The van der Waals surface area contributed by atoms with Crippen LogP contribution in [-0.4, -0.2) is 65.3 Å².